The number of halogens is 2. The number of carbonyl (C=O) groups is 2. The molecule has 5 N–H and O–H groups in total. The molecule has 2 aromatic carbocycles. The van der Waals surface area contributed by atoms with Crippen LogP contribution < -0.4 is 16.4 Å². The number of nitrogens with zero attached hydrogens (tertiary/aromatic N) is 2. The number of nitrogens with one attached hydrogen (secondary N) is 3. The molecule has 0 saturated heterocycles. The van der Waals surface area contributed by atoms with Gasteiger partial charge < -0.3 is 21.4 Å². The van der Waals surface area contributed by atoms with Crippen molar-refractivity contribution in [2.45, 2.75) is 0 Å². The summed E-state index contributed by atoms with van der Waals surface area (Å²) in [5.41, 5.74) is 6.81. The van der Waals surface area contributed by atoms with E-state index in [0.717, 1.165) is 18.2 Å². The first kappa shape index (κ1) is 19.0. The van der Waals surface area contributed by atoms with Gasteiger partial charge in [-0.1, -0.05) is 12.1 Å². The smallest absolute Gasteiger partial charge is 0.323 e. The Morgan fingerprint density at radius 3 is 2.70 bits per heavy atom. The van der Waals surface area contributed by atoms with Crippen LogP contribution in [0.1, 0.15) is 15.9 Å². The molecule has 2 amide bonds. The van der Waals surface area contributed by atoms with Gasteiger partial charge in [0.15, 0.2) is 5.78 Å². The molecule has 0 bridgehead atoms. The van der Waals surface area contributed by atoms with Crippen molar-refractivity contribution in [1.82, 2.24) is 15.0 Å². The topological polar surface area (TPSA) is 126 Å². The number of hydrogen-bond donors (Lipinski definition) is 4. The van der Waals surface area contributed by atoms with E-state index in [9.17, 15) is 18.4 Å². The Morgan fingerprint density at radius 2 is 1.87 bits per heavy atom. The third kappa shape index (κ3) is 3.65. The minimum Gasteiger partial charge on any atom is -0.383 e. The molecular weight excluding hydrogens is 394 g/mol. The molecule has 0 fully saturated rings. The van der Waals surface area contributed by atoms with E-state index in [1.165, 1.54) is 18.6 Å². The summed E-state index contributed by atoms with van der Waals surface area (Å²) >= 11 is 0. The van der Waals surface area contributed by atoms with Crippen molar-refractivity contribution >= 4 is 40.0 Å². The van der Waals surface area contributed by atoms with Gasteiger partial charge >= 0.3 is 6.03 Å². The molecule has 2 aromatic heterocycles. The fraction of sp³-hybridized carbons (Fsp3) is 0. The zero-order valence-corrected chi connectivity index (χ0v) is 15.2. The first-order valence-corrected chi connectivity index (χ1v) is 8.68. The van der Waals surface area contributed by atoms with Crippen molar-refractivity contribution in [2.24, 2.45) is 0 Å². The van der Waals surface area contributed by atoms with Gasteiger partial charge in [0.25, 0.3) is 0 Å². The summed E-state index contributed by atoms with van der Waals surface area (Å²) in [7, 11) is 0. The number of aromatic amines is 1. The van der Waals surface area contributed by atoms with Crippen LogP contribution in [0.25, 0.3) is 11.0 Å². The second-order valence-electron chi connectivity index (χ2n) is 6.30. The van der Waals surface area contributed by atoms with Crippen molar-refractivity contribution in [2.75, 3.05) is 16.4 Å². The number of urea groups is 1. The zero-order valence-electron chi connectivity index (χ0n) is 15.2. The van der Waals surface area contributed by atoms with Crippen molar-refractivity contribution in [3.63, 3.8) is 0 Å². The van der Waals surface area contributed by atoms with Crippen LogP contribution in [0, 0.1) is 11.6 Å². The maximum absolute atomic E-state index is 13.7. The van der Waals surface area contributed by atoms with E-state index < -0.39 is 17.7 Å². The standard InChI is InChI=1S/C20H14F2N6O2/c21-11-4-5-14(22)15(7-11)28-20(30)27-12-3-1-2-10(6-12)17(29)13-8-24-19-16(13)18(23)25-9-26-19/h1-9H,(H2,27,28,30)(H3,23,24,25,26). The quantitative estimate of drug-likeness (QED) is 0.383. The normalized spacial score (nSPS) is 10.7. The summed E-state index contributed by atoms with van der Waals surface area (Å²) < 4.78 is 26.9. The maximum atomic E-state index is 13.7. The van der Waals surface area contributed by atoms with Gasteiger partial charge in [0.2, 0.25) is 0 Å². The van der Waals surface area contributed by atoms with Crippen LogP contribution >= 0.6 is 0 Å². The van der Waals surface area contributed by atoms with Gasteiger partial charge in [-0.25, -0.2) is 23.5 Å². The average molecular weight is 408 g/mol. The van der Waals surface area contributed by atoms with Gasteiger partial charge in [0.05, 0.1) is 16.6 Å². The summed E-state index contributed by atoms with van der Waals surface area (Å²) in [5, 5.41) is 5.10. The van der Waals surface area contributed by atoms with Crippen LogP contribution in [0.15, 0.2) is 55.0 Å². The molecule has 0 aliphatic heterocycles. The summed E-state index contributed by atoms with van der Waals surface area (Å²) in [6.45, 7) is 0. The molecule has 0 atom stereocenters. The SMILES string of the molecule is Nc1ncnc2[nH]cc(C(=O)c3cccc(NC(=O)Nc4cc(F)ccc4F)c3)c12. The molecule has 4 aromatic rings. The molecule has 0 spiro atoms. The number of ketones is 1. The van der Waals surface area contributed by atoms with Gasteiger partial charge in [0.1, 0.15) is 29.4 Å². The summed E-state index contributed by atoms with van der Waals surface area (Å²) in [4.78, 5) is 35.9. The lowest BCUT2D eigenvalue weighted by atomic mass is 10.0. The Labute approximate surface area is 168 Å². The van der Waals surface area contributed by atoms with Crippen LogP contribution in [0.3, 0.4) is 0 Å². The van der Waals surface area contributed by atoms with E-state index in [0.29, 0.717) is 11.0 Å². The van der Waals surface area contributed by atoms with E-state index in [2.05, 4.69) is 25.6 Å². The molecule has 150 valence electrons. The molecule has 0 radical (unpaired) electrons. The Bertz CT molecular complexity index is 1290. The molecule has 4 rings (SSSR count). The number of benzene rings is 2. The number of rotatable bonds is 4. The number of hydrogen-bond acceptors (Lipinski definition) is 5. The van der Waals surface area contributed by atoms with Gasteiger partial charge in [-0.2, -0.15) is 0 Å². The average Bonchev–Trinajstić information content (AvgIpc) is 3.16. The lowest BCUT2D eigenvalue weighted by molar-refractivity contribution is 0.104. The van der Waals surface area contributed by atoms with E-state index >= 15 is 0 Å². The van der Waals surface area contributed by atoms with E-state index in [-0.39, 0.29) is 34.1 Å². The highest BCUT2D eigenvalue weighted by molar-refractivity contribution is 6.18. The van der Waals surface area contributed by atoms with E-state index in [1.807, 2.05) is 0 Å². The Kier molecular flexibility index (Phi) is 4.80. The first-order valence-electron chi connectivity index (χ1n) is 8.68. The van der Waals surface area contributed by atoms with Crippen LogP contribution in [0.5, 0.6) is 0 Å². The lowest BCUT2D eigenvalue weighted by Gasteiger charge is -2.09. The number of amides is 2. The van der Waals surface area contributed by atoms with E-state index in [4.69, 9.17) is 5.73 Å². The Morgan fingerprint density at radius 1 is 1.03 bits per heavy atom. The molecule has 8 nitrogen and oxygen atoms in total. The van der Waals surface area contributed by atoms with Crippen LogP contribution in [-0.2, 0) is 0 Å². The number of nitrogens with two attached hydrogens (primary N) is 1. The number of H-pyrrole nitrogens is 1. The second kappa shape index (κ2) is 7.59. The van der Waals surface area contributed by atoms with Gasteiger partial charge in [-0.15, -0.1) is 0 Å². The Hall–Kier alpha value is -4.34. The van der Waals surface area contributed by atoms with Crippen molar-refractivity contribution in [1.29, 1.82) is 0 Å². The highest BCUT2D eigenvalue weighted by atomic mass is 19.1. The van der Waals surface area contributed by atoms with Crippen LogP contribution in [0.4, 0.5) is 30.8 Å². The molecule has 10 heteroatoms. The minimum absolute atomic E-state index is 0.162. The predicted molar refractivity (Wildman–Crippen MR) is 107 cm³/mol. The highest BCUT2D eigenvalue weighted by Gasteiger charge is 2.18. The molecule has 0 saturated carbocycles. The fourth-order valence-corrected chi connectivity index (χ4v) is 2.94. The number of carbonyl (C=O) groups excluding carboxylic acids is 2. The largest absolute Gasteiger partial charge is 0.383 e. The number of nitrogen functional groups attached to an aromatic ring is 1. The van der Waals surface area contributed by atoms with Gasteiger partial charge in [-0.05, 0) is 24.3 Å². The van der Waals surface area contributed by atoms with Crippen molar-refractivity contribution in [3.05, 3.63) is 77.8 Å². The summed E-state index contributed by atoms with van der Waals surface area (Å²) in [6.07, 6.45) is 2.77. The third-order valence-electron chi connectivity index (χ3n) is 4.30. The van der Waals surface area contributed by atoms with Crippen molar-refractivity contribution < 1.29 is 18.4 Å². The molecule has 0 aliphatic carbocycles. The Balaban J connectivity index is 1.56. The van der Waals surface area contributed by atoms with Gasteiger partial charge in [-0.3, -0.25) is 4.79 Å². The molecule has 0 aliphatic rings. The molecule has 2 heterocycles. The molecule has 30 heavy (non-hydrogen) atoms. The first-order chi connectivity index (χ1) is 14.4. The molecule has 0 unspecified atom stereocenters. The van der Waals surface area contributed by atoms with Crippen molar-refractivity contribution in [3.8, 4) is 0 Å². The monoisotopic (exact) mass is 408 g/mol. The van der Waals surface area contributed by atoms with Crippen LogP contribution in [-0.4, -0.2) is 26.8 Å². The number of anilines is 3. The van der Waals surface area contributed by atoms with E-state index in [1.54, 1.807) is 18.2 Å². The maximum Gasteiger partial charge on any atom is 0.323 e. The number of fused-ring (bicyclic) bond motifs is 1. The number of aromatic nitrogens is 3. The lowest BCUT2D eigenvalue weighted by Crippen LogP contribution is -2.20. The third-order valence-corrected chi connectivity index (χ3v) is 4.30. The predicted octanol–water partition coefficient (Wildman–Crippen LogP) is 3.69. The second-order valence-corrected chi connectivity index (χ2v) is 6.30. The highest BCUT2D eigenvalue weighted by Crippen LogP contribution is 2.24. The van der Waals surface area contributed by atoms with Gasteiger partial charge in [0, 0.05) is 23.5 Å². The summed E-state index contributed by atoms with van der Waals surface area (Å²) in [5.74, 6) is -1.67. The zero-order chi connectivity index (χ0) is 21.3. The minimum atomic E-state index is -0.797. The van der Waals surface area contributed by atoms with Crippen LogP contribution in [0.2, 0.25) is 0 Å². The fourth-order valence-electron chi connectivity index (χ4n) is 2.94. The molecular formula is C20H14F2N6O2. The summed E-state index contributed by atoms with van der Waals surface area (Å²) in [6, 6.07) is 8.04.